The molecule has 0 saturated carbocycles. The molecule has 0 aliphatic heterocycles. The molecule has 0 aliphatic rings. The molecule has 0 aliphatic carbocycles. The molecule has 0 fully saturated rings. The lowest BCUT2D eigenvalue weighted by molar-refractivity contribution is 0.0458. The first kappa shape index (κ1) is 13.1. The van der Waals surface area contributed by atoms with Gasteiger partial charge in [-0.05, 0) is 37.6 Å². The average molecular weight is 260 g/mol. The van der Waals surface area contributed by atoms with Crippen molar-refractivity contribution in [2.45, 2.75) is 20.5 Å². The highest BCUT2D eigenvalue weighted by molar-refractivity contribution is 5.91. The van der Waals surface area contributed by atoms with Crippen LogP contribution in [0.3, 0.4) is 0 Å². The molecule has 2 aromatic rings. The standard InChI is InChI=1S/C13H16N4O2/c1-8-6-10(14)4-5-11(8)13(18)19-7-12-16-15-9(2)17(12)3/h4-6H,7,14H2,1-3H3. The summed E-state index contributed by atoms with van der Waals surface area (Å²) in [6.45, 7) is 3.75. The Balaban J connectivity index is 2.07. The normalized spacial score (nSPS) is 10.5. The van der Waals surface area contributed by atoms with Crippen molar-refractivity contribution < 1.29 is 9.53 Å². The van der Waals surface area contributed by atoms with Crippen LogP contribution >= 0.6 is 0 Å². The molecular weight excluding hydrogens is 244 g/mol. The van der Waals surface area contributed by atoms with Gasteiger partial charge in [0.1, 0.15) is 5.82 Å². The Labute approximate surface area is 111 Å². The molecule has 0 radical (unpaired) electrons. The Morgan fingerprint density at radius 1 is 1.37 bits per heavy atom. The van der Waals surface area contributed by atoms with Crippen molar-refractivity contribution in [2.75, 3.05) is 5.73 Å². The topological polar surface area (TPSA) is 83.0 Å². The average Bonchev–Trinajstić information content (AvgIpc) is 2.67. The molecule has 2 N–H and O–H groups in total. The van der Waals surface area contributed by atoms with E-state index in [1.165, 1.54) is 0 Å². The van der Waals surface area contributed by atoms with Gasteiger partial charge >= 0.3 is 5.97 Å². The number of benzene rings is 1. The fraction of sp³-hybridized carbons (Fsp3) is 0.308. The van der Waals surface area contributed by atoms with Crippen molar-refractivity contribution in [3.05, 3.63) is 41.0 Å². The summed E-state index contributed by atoms with van der Waals surface area (Å²) in [7, 11) is 1.83. The lowest BCUT2D eigenvalue weighted by atomic mass is 10.1. The van der Waals surface area contributed by atoms with Gasteiger partial charge in [0.2, 0.25) is 0 Å². The first-order valence-corrected chi connectivity index (χ1v) is 5.87. The van der Waals surface area contributed by atoms with E-state index in [1.807, 2.05) is 20.9 Å². The van der Waals surface area contributed by atoms with Crippen molar-refractivity contribution in [2.24, 2.45) is 7.05 Å². The second-order valence-corrected chi connectivity index (χ2v) is 4.37. The Morgan fingerprint density at radius 3 is 2.68 bits per heavy atom. The third kappa shape index (κ3) is 2.73. The monoisotopic (exact) mass is 260 g/mol. The van der Waals surface area contributed by atoms with E-state index in [0.29, 0.717) is 17.1 Å². The number of carbonyl (C=O) groups is 1. The quantitative estimate of drug-likeness (QED) is 0.665. The van der Waals surface area contributed by atoms with Crippen molar-refractivity contribution in [1.29, 1.82) is 0 Å². The molecule has 0 atom stereocenters. The molecule has 0 bridgehead atoms. The second kappa shape index (κ2) is 5.09. The molecule has 2 rings (SSSR count). The zero-order valence-electron chi connectivity index (χ0n) is 11.2. The van der Waals surface area contributed by atoms with Gasteiger partial charge in [0.15, 0.2) is 12.4 Å². The van der Waals surface area contributed by atoms with Gasteiger partial charge in [-0.3, -0.25) is 0 Å². The van der Waals surface area contributed by atoms with E-state index in [2.05, 4.69) is 10.2 Å². The van der Waals surface area contributed by atoms with E-state index < -0.39 is 5.97 Å². The van der Waals surface area contributed by atoms with Crippen LogP contribution in [0.1, 0.15) is 27.6 Å². The van der Waals surface area contributed by atoms with Gasteiger partial charge in [0.05, 0.1) is 5.56 Å². The molecule has 0 unspecified atom stereocenters. The summed E-state index contributed by atoms with van der Waals surface area (Å²) in [4.78, 5) is 11.9. The summed E-state index contributed by atoms with van der Waals surface area (Å²) < 4.78 is 7.01. The van der Waals surface area contributed by atoms with Crippen LogP contribution in [-0.2, 0) is 18.4 Å². The number of nitrogens with two attached hydrogens (primary N) is 1. The number of nitrogen functional groups attached to an aromatic ring is 1. The van der Waals surface area contributed by atoms with Crippen molar-refractivity contribution in [3.8, 4) is 0 Å². The molecule has 19 heavy (non-hydrogen) atoms. The number of ether oxygens (including phenoxy) is 1. The number of aromatic nitrogens is 3. The number of esters is 1. The minimum Gasteiger partial charge on any atom is -0.454 e. The van der Waals surface area contributed by atoms with Gasteiger partial charge in [-0.1, -0.05) is 0 Å². The number of nitrogens with zero attached hydrogens (tertiary/aromatic N) is 3. The van der Waals surface area contributed by atoms with Gasteiger partial charge in [0.25, 0.3) is 0 Å². The highest BCUT2D eigenvalue weighted by Crippen LogP contribution is 2.14. The van der Waals surface area contributed by atoms with Crippen LogP contribution in [0.5, 0.6) is 0 Å². The van der Waals surface area contributed by atoms with E-state index in [9.17, 15) is 4.79 Å². The predicted octanol–water partition coefficient (Wildman–Crippen LogP) is 1.37. The van der Waals surface area contributed by atoms with Gasteiger partial charge in [-0.15, -0.1) is 10.2 Å². The molecule has 0 saturated heterocycles. The van der Waals surface area contributed by atoms with E-state index in [-0.39, 0.29) is 6.61 Å². The molecule has 1 aromatic carbocycles. The van der Waals surface area contributed by atoms with E-state index in [0.717, 1.165) is 11.4 Å². The fourth-order valence-electron chi connectivity index (χ4n) is 1.70. The van der Waals surface area contributed by atoms with Crippen molar-refractivity contribution >= 4 is 11.7 Å². The molecule has 0 amide bonds. The first-order valence-electron chi connectivity index (χ1n) is 5.87. The van der Waals surface area contributed by atoms with Crippen LogP contribution in [0.4, 0.5) is 5.69 Å². The molecular formula is C13H16N4O2. The molecule has 6 nitrogen and oxygen atoms in total. The van der Waals surface area contributed by atoms with Crippen LogP contribution in [-0.4, -0.2) is 20.7 Å². The van der Waals surface area contributed by atoms with E-state index in [1.54, 1.807) is 22.8 Å². The maximum absolute atomic E-state index is 11.9. The molecule has 6 heteroatoms. The maximum Gasteiger partial charge on any atom is 0.338 e. The zero-order valence-corrected chi connectivity index (χ0v) is 11.2. The zero-order chi connectivity index (χ0) is 14.0. The van der Waals surface area contributed by atoms with Crippen molar-refractivity contribution in [1.82, 2.24) is 14.8 Å². The Morgan fingerprint density at radius 2 is 2.11 bits per heavy atom. The number of hydrogen-bond donors (Lipinski definition) is 1. The van der Waals surface area contributed by atoms with Crippen LogP contribution in [0, 0.1) is 13.8 Å². The Bertz CT molecular complexity index is 619. The summed E-state index contributed by atoms with van der Waals surface area (Å²) in [6, 6.07) is 5.08. The number of carbonyl (C=O) groups excluding carboxylic acids is 1. The molecule has 0 spiro atoms. The van der Waals surface area contributed by atoms with Crippen molar-refractivity contribution in [3.63, 3.8) is 0 Å². The second-order valence-electron chi connectivity index (χ2n) is 4.37. The Kier molecular flexibility index (Phi) is 3.50. The Hall–Kier alpha value is -2.37. The minimum absolute atomic E-state index is 0.0972. The van der Waals surface area contributed by atoms with Crippen LogP contribution < -0.4 is 5.73 Å². The number of hydrogen-bond acceptors (Lipinski definition) is 5. The van der Waals surface area contributed by atoms with Crippen LogP contribution in [0.15, 0.2) is 18.2 Å². The third-order valence-electron chi connectivity index (χ3n) is 2.99. The van der Waals surface area contributed by atoms with Gasteiger partial charge in [-0.2, -0.15) is 0 Å². The predicted molar refractivity (Wildman–Crippen MR) is 70.5 cm³/mol. The summed E-state index contributed by atoms with van der Waals surface area (Å²) >= 11 is 0. The van der Waals surface area contributed by atoms with Gasteiger partial charge in [-0.25, -0.2) is 4.79 Å². The molecule has 1 aromatic heterocycles. The van der Waals surface area contributed by atoms with Crippen LogP contribution in [0.2, 0.25) is 0 Å². The lowest BCUT2D eigenvalue weighted by Gasteiger charge is -2.07. The number of aryl methyl sites for hydroxylation is 2. The van der Waals surface area contributed by atoms with E-state index >= 15 is 0 Å². The fourth-order valence-corrected chi connectivity index (χ4v) is 1.70. The number of rotatable bonds is 3. The summed E-state index contributed by atoms with van der Waals surface area (Å²) in [5.74, 6) is 0.992. The van der Waals surface area contributed by atoms with Gasteiger partial charge in [0, 0.05) is 12.7 Å². The highest BCUT2D eigenvalue weighted by atomic mass is 16.5. The first-order chi connectivity index (χ1) is 8.99. The largest absolute Gasteiger partial charge is 0.454 e. The summed E-state index contributed by atoms with van der Waals surface area (Å²) in [5, 5.41) is 7.83. The summed E-state index contributed by atoms with van der Waals surface area (Å²) in [5.41, 5.74) is 7.56. The smallest absolute Gasteiger partial charge is 0.338 e. The number of anilines is 1. The van der Waals surface area contributed by atoms with Gasteiger partial charge < -0.3 is 15.0 Å². The summed E-state index contributed by atoms with van der Waals surface area (Å²) in [6.07, 6.45) is 0. The minimum atomic E-state index is -0.391. The molecule has 100 valence electrons. The van der Waals surface area contributed by atoms with Crippen LogP contribution in [0.25, 0.3) is 0 Å². The highest BCUT2D eigenvalue weighted by Gasteiger charge is 2.13. The van der Waals surface area contributed by atoms with E-state index in [4.69, 9.17) is 10.5 Å². The third-order valence-corrected chi connectivity index (χ3v) is 2.99. The molecule has 1 heterocycles. The maximum atomic E-state index is 11.9. The SMILES string of the molecule is Cc1cc(N)ccc1C(=O)OCc1nnc(C)n1C. The lowest BCUT2D eigenvalue weighted by Crippen LogP contribution is -2.10.